The van der Waals surface area contributed by atoms with Crippen LogP contribution in [0.25, 0.3) is 6.08 Å². The number of phenols is 1. The SMILES string of the molecule is O=C1C/C(=C\c2ccccc2)C(=O)N1[C@@H]1CC[C@@]2(O)[C@@H]3Cc4ccc(O)c5c4[C@@]2(CCN3CC2CC2)[C@H]1O5. The van der Waals surface area contributed by atoms with Crippen molar-refractivity contribution in [3.05, 3.63) is 64.7 Å². The molecule has 3 aliphatic carbocycles. The fourth-order valence-electron chi connectivity index (χ4n) is 8.51. The van der Waals surface area contributed by atoms with Crippen LogP contribution in [0.2, 0.25) is 0 Å². The smallest absolute Gasteiger partial charge is 0.257 e. The molecule has 2 aromatic carbocycles. The molecule has 0 radical (unpaired) electrons. The molecule has 7 nitrogen and oxygen atoms in total. The van der Waals surface area contributed by atoms with E-state index in [0.29, 0.717) is 36.5 Å². The summed E-state index contributed by atoms with van der Waals surface area (Å²) in [5.74, 6) is 0.730. The summed E-state index contributed by atoms with van der Waals surface area (Å²) in [7, 11) is 0. The first kappa shape index (κ1) is 22.8. The van der Waals surface area contributed by atoms with Gasteiger partial charge >= 0.3 is 0 Å². The Morgan fingerprint density at radius 2 is 1.87 bits per heavy atom. The third-order valence-electron chi connectivity index (χ3n) is 10.3. The number of imide groups is 1. The van der Waals surface area contributed by atoms with Crippen LogP contribution in [0.5, 0.6) is 11.5 Å². The van der Waals surface area contributed by atoms with E-state index in [1.54, 1.807) is 12.1 Å². The van der Waals surface area contributed by atoms with Gasteiger partial charge in [0.05, 0.1) is 23.5 Å². The standard InChI is InChI=1S/C31H32N2O5/c34-23-9-8-20-15-24-31(37)11-10-22(33-25(35)16-21(29(33)36)14-18-4-2-1-3-5-18)28-30(31,26(20)27(23)38-28)12-13-32(24)17-19-6-7-19/h1-5,8-9,14,19,22,24,28,34,37H,6-7,10-13,15-17H2/b21-14+/t22-,24+,28+,30+,31-/m1/s1. The van der Waals surface area contributed by atoms with Crippen LogP contribution in [0.4, 0.5) is 0 Å². The van der Waals surface area contributed by atoms with E-state index < -0.39 is 23.2 Å². The molecule has 3 aliphatic heterocycles. The molecule has 8 rings (SSSR count). The average molecular weight is 513 g/mol. The molecule has 2 N–H and O–H groups in total. The molecule has 3 heterocycles. The van der Waals surface area contributed by atoms with Crippen molar-refractivity contribution in [1.82, 2.24) is 9.80 Å². The highest BCUT2D eigenvalue weighted by atomic mass is 16.5. The van der Waals surface area contributed by atoms with Crippen molar-refractivity contribution < 1.29 is 24.5 Å². The number of hydrogen-bond acceptors (Lipinski definition) is 6. The van der Waals surface area contributed by atoms with Crippen LogP contribution >= 0.6 is 0 Å². The maximum Gasteiger partial charge on any atom is 0.257 e. The molecule has 6 aliphatic rings. The minimum atomic E-state index is -1.04. The van der Waals surface area contributed by atoms with E-state index in [0.717, 1.165) is 36.2 Å². The highest BCUT2D eigenvalue weighted by Crippen LogP contribution is 2.66. The predicted octanol–water partition coefficient (Wildman–Crippen LogP) is 3.17. The molecule has 2 saturated carbocycles. The molecule has 0 aromatic heterocycles. The highest BCUT2D eigenvalue weighted by Gasteiger charge is 2.74. The number of carbonyl (C=O) groups excluding carboxylic acids is 2. The van der Waals surface area contributed by atoms with Gasteiger partial charge in [-0.3, -0.25) is 19.4 Å². The molecule has 196 valence electrons. The van der Waals surface area contributed by atoms with Crippen LogP contribution < -0.4 is 4.74 Å². The predicted molar refractivity (Wildman–Crippen MR) is 139 cm³/mol. The number of nitrogens with zero attached hydrogens (tertiary/aromatic N) is 2. The second-order valence-electron chi connectivity index (χ2n) is 12.2. The van der Waals surface area contributed by atoms with Crippen molar-refractivity contribution in [1.29, 1.82) is 0 Å². The van der Waals surface area contributed by atoms with Gasteiger partial charge in [0.15, 0.2) is 11.5 Å². The second kappa shape index (κ2) is 7.70. The van der Waals surface area contributed by atoms with Crippen LogP contribution in [0.3, 0.4) is 0 Å². The van der Waals surface area contributed by atoms with Gasteiger partial charge in [-0.25, -0.2) is 0 Å². The maximum absolute atomic E-state index is 13.7. The summed E-state index contributed by atoms with van der Waals surface area (Å²) in [5.41, 5.74) is 1.60. The fourth-order valence-corrected chi connectivity index (χ4v) is 8.51. The molecule has 0 unspecified atom stereocenters. The van der Waals surface area contributed by atoms with E-state index in [1.807, 2.05) is 36.4 Å². The Morgan fingerprint density at radius 3 is 2.66 bits per heavy atom. The quantitative estimate of drug-likeness (QED) is 0.483. The number of aromatic hydroxyl groups is 1. The monoisotopic (exact) mass is 512 g/mol. The van der Waals surface area contributed by atoms with E-state index in [2.05, 4.69) is 4.90 Å². The van der Waals surface area contributed by atoms with Gasteiger partial charge in [0.2, 0.25) is 5.91 Å². The summed E-state index contributed by atoms with van der Waals surface area (Å²) in [4.78, 5) is 31.0. The van der Waals surface area contributed by atoms with Crippen molar-refractivity contribution >= 4 is 17.9 Å². The van der Waals surface area contributed by atoms with E-state index in [9.17, 15) is 19.8 Å². The highest BCUT2D eigenvalue weighted by molar-refractivity contribution is 6.16. The minimum Gasteiger partial charge on any atom is -0.504 e. The van der Waals surface area contributed by atoms with Crippen molar-refractivity contribution in [2.75, 3.05) is 13.1 Å². The van der Waals surface area contributed by atoms with Crippen LogP contribution in [0, 0.1) is 5.92 Å². The molecular formula is C31H32N2O5. The van der Waals surface area contributed by atoms with Gasteiger partial charge in [-0.1, -0.05) is 36.4 Å². The maximum atomic E-state index is 13.7. The first-order valence-electron chi connectivity index (χ1n) is 14.0. The molecule has 7 heteroatoms. The summed E-state index contributed by atoms with van der Waals surface area (Å²) in [5, 5.41) is 23.5. The largest absolute Gasteiger partial charge is 0.504 e. The van der Waals surface area contributed by atoms with Gasteiger partial charge in [0.25, 0.3) is 5.91 Å². The lowest BCUT2D eigenvalue weighted by Gasteiger charge is -2.64. The molecule has 2 aromatic rings. The summed E-state index contributed by atoms with van der Waals surface area (Å²) >= 11 is 0. The number of amides is 2. The molecule has 5 atom stereocenters. The van der Waals surface area contributed by atoms with Crippen LogP contribution in [-0.4, -0.2) is 68.7 Å². The van der Waals surface area contributed by atoms with Crippen LogP contribution in [0.15, 0.2) is 48.0 Å². The molecule has 4 fully saturated rings. The number of ether oxygens (including phenoxy) is 1. The van der Waals surface area contributed by atoms with Crippen molar-refractivity contribution in [3.63, 3.8) is 0 Å². The lowest BCUT2D eigenvalue weighted by atomic mass is 9.48. The zero-order valence-electron chi connectivity index (χ0n) is 21.3. The first-order valence-corrected chi connectivity index (χ1v) is 14.0. The number of aliphatic hydroxyl groups is 1. The number of hydrogen-bond donors (Lipinski definition) is 2. The van der Waals surface area contributed by atoms with Crippen LogP contribution in [-0.2, 0) is 21.4 Å². The average Bonchev–Trinajstić information content (AvgIpc) is 3.59. The third kappa shape index (κ3) is 2.86. The molecule has 2 bridgehead atoms. The molecule has 38 heavy (non-hydrogen) atoms. The normalized spacial score (nSPS) is 36.5. The molecule has 2 saturated heterocycles. The second-order valence-corrected chi connectivity index (χ2v) is 12.2. The number of benzene rings is 2. The van der Waals surface area contributed by atoms with E-state index in [4.69, 9.17) is 4.74 Å². The third-order valence-corrected chi connectivity index (χ3v) is 10.3. The van der Waals surface area contributed by atoms with Gasteiger partial charge < -0.3 is 14.9 Å². The summed E-state index contributed by atoms with van der Waals surface area (Å²) in [6.45, 7) is 1.85. The van der Waals surface area contributed by atoms with Gasteiger partial charge in [-0.05, 0) is 74.3 Å². The van der Waals surface area contributed by atoms with E-state index >= 15 is 0 Å². The number of phenolic OH excluding ortho intramolecular Hbond substituents is 1. The van der Waals surface area contributed by atoms with Gasteiger partial charge in [0.1, 0.15) is 6.10 Å². The van der Waals surface area contributed by atoms with Gasteiger partial charge in [-0.15, -0.1) is 0 Å². The Bertz CT molecular complexity index is 1400. The van der Waals surface area contributed by atoms with E-state index in [1.165, 1.54) is 17.7 Å². The summed E-state index contributed by atoms with van der Waals surface area (Å²) in [6, 6.07) is 12.7. The van der Waals surface area contributed by atoms with E-state index in [-0.39, 0.29) is 30.0 Å². The van der Waals surface area contributed by atoms with Crippen molar-refractivity contribution in [2.24, 2.45) is 5.92 Å². The molecule has 2 amide bonds. The first-order chi connectivity index (χ1) is 18.4. The van der Waals surface area contributed by atoms with Crippen LogP contribution in [0.1, 0.15) is 55.2 Å². The Hall–Kier alpha value is -3.16. The van der Waals surface area contributed by atoms with Crippen molar-refractivity contribution in [3.8, 4) is 11.5 Å². The Morgan fingerprint density at radius 1 is 1.05 bits per heavy atom. The Kier molecular flexibility index (Phi) is 4.62. The lowest BCUT2D eigenvalue weighted by Crippen LogP contribution is -2.78. The van der Waals surface area contributed by atoms with Crippen molar-refractivity contribution in [2.45, 2.75) is 74.1 Å². The summed E-state index contributed by atoms with van der Waals surface area (Å²) in [6.07, 6.45) is 6.18. The van der Waals surface area contributed by atoms with Gasteiger partial charge in [0, 0.05) is 23.7 Å². The van der Waals surface area contributed by atoms with Gasteiger partial charge in [-0.2, -0.15) is 0 Å². The Labute approximate surface area is 221 Å². The topological polar surface area (TPSA) is 90.3 Å². The number of piperidine rings is 1. The fraction of sp³-hybridized carbons (Fsp3) is 0.484. The zero-order valence-corrected chi connectivity index (χ0v) is 21.3. The Balaban J connectivity index is 1.21. The summed E-state index contributed by atoms with van der Waals surface area (Å²) < 4.78 is 6.58. The molecule has 1 spiro atoms. The zero-order chi connectivity index (χ0) is 25.8. The minimum absolute atomic E-state index is 0.0367. The lowest BCUT2D eigenvalue weighted by molar-refractivity contribution is -0.201. The molecular weight excluding hydrogens is 480 g/mol. The number of carbonyl (C=O) groups is 2. The number of likely N-dealkylation sites (tertiary alicyclic amines) is 2. The number of rotatable bonds is 4.